The van der Waals surface area contributed by atoms with Crippen LogP contribution in [-0.2, 0) is 9.47 Å². The molecule has 0 aliphatic carbocycles. The molecule has 2 heterocycles. The topological polar surface area (TPSA) is 113 Å². The molecule has 0 spiro atoms. The molecule has 2 aliphatic rings. The molecule has 54 heavy (non-hydrogen) atoms. The molecule has 0 unspecified atom stereocenters. The number of rotatable bonds is 4. The average Bonchev–Trinajstić information content (AvgIpc) is 3.17. The van der Waals surface area contributed by atoms with Crippen molar-refractivity contribution in [1.82, 2.24) is 10.0 Å². The number of nitriles is 2. The number of carbonyl (C=O) groups excluding carboxylic acids is 2. The fourth-order valence-electron chi connectivity index (χ4n) is 6.62. The first-order chi connectivity index (χ1) is 25.8. The predicted octanol–water partition coefficient (Wildman–Crippen LogP) is 10.1. The number of benzene rings is 4. The van der Waals surface area contributed by atoms with Crippen molar-refractivity contribution in [3.8, 4) is 12.1 Å². The van der Waals surface area contributed by atoms with Gasteiger partial charge in [0.2, 0.25) is 0 Å². The molecule has 2 fully saturated rings. The van der Waals surface area contributed by atoms with E-state index in [-0.39, 0.29) is 24.3 Å². The van der Waals surface area contributed by atoms with Crippen LogP contribution < -0.4 is 10.0 Å². The summed E-state index contributed by atoms with van der Waals surface area (Å²) in [5, 5.41) is 25.5. The van der Waals surface area contributed by atoms with Crippen LogP contribution in [0.25, 0.3) is 0 Å². The number of carbonyl (C=O) groups is 2. The molecule has 0 bridgehead atoms. The Morgan fingerprint density at radius 2 is 0.889 bits per heavy atom. The van der Waals surface area contributed by atoms with Crippen molar-refractivity contribution in [2.24, 2.45) is 0 Å². The van der Waals surface area contributed by atoms with E-state index >= 15 is 0 Å². The molecule has 0 aromatic heterocycles. The van der Waals surface area contributed by atoms with Gasteiger partial charge in [0.05, 0.1) is 46.7 Å². The fraction of sp³-hybridized carbons (Fsp3) is 0.364. The Kier molecular flexibility index (Phi) is 12.5. The summed E-state index contributed by atoms with van der Waals surface area (Å²) in [4.78, 5) is 26.2. The van der Waals surface area contributed by atoms with E-state index in [0.717, 1.165) is 48.2 Å². The van der Waals surface area contributed by atoms with Crippen LogP contribution in [0.4, 0.5) is 21.0 Å². The molecule has 2 amide bonds. The van der Waals surface area contributed by atoms with Gasteiger partial charge in [-0.15, -0.1) is 0 Å². The van der Waals surface area contributed by atoms with Gasteiger partial charge in [-0.1, -0.05) is 60.7 Å². The molecule has 4 aromatic carbocycles. The van der Waals surface area contributed by atoms with Crippen LogP contribution in [0.3, 0.4) is 0 Å². The second kappa shape index (κ2) is 17.2. The first kappa shape index (κ1) is 39.2. The summed E-state index contributed by atoms with van der Waals surface area (Å²) in [6.45, 7) is 12.7. The molecule has 10 heteroatoms. The smallest absolute Gasteiger partial charge is 0.429 e. The highest BCUT2D eigenvalue weighted by Gasteiger charge is 2.38. The molecule has 2 atom stereocenters. The van der Waals surface area contributed by atoms with Gasteiger partial charge in [0, 0.05) is 13.1 Å². The van der Waals surface area contributed by atoms with Crippen LogP contribution in [0.1, 0.15) is 102 Å². The van der Waals surface area contributed by atoms with Gasteiger partial charge in [0.1, 0.15) is 11.2 Å². The SMILES string of the molecule is CC(C)(C)OC(=O)N1[C@@H](c2ccccc2)CCCN1c1ccc(C#N)cc1.CC(C)(C)OC(=O)N1[C@@H](c2ccccc2)CCCN1c1ccc(C#N)cc1. The molecule has 2 aliphatic heterocycles. The van der Waals surface area contributed by atoms with Gasteiger partial charge in [0.15, 0.2) is 0 Å². The van der Waals surface area contributed by atoms with E-state index in [1.165, 1.54) is 0 Å². The molecule has 2 saturated heterocycles. The van der Waals surface area contributed by atoms with Gasteiger partial charge in [-0.25, -0.2) is 19.6 Å². The zero-order chi connectivity index (χ0) is 38.9. The van der Waals surface area contributed by atoms with Gasteiger partial charge >= 0.3 is 12.2 Å². The zero-order valence-electron chi connectivity index (χ0n) is 32.1. The van der Waals surface area contributed by atoms with E-state index in [1.54, 1.807) is 34.3 Å². The van der Waals surface area contributed by atoms with E-state index in [4.69, 9.17) is 20.0 Å². The first-order valence-corrected chi connectivity index (χ1v) is 18.5. The minimum atomic E-state index is -0.577. The van der Waals surface area contributed by atoms with Crippen LogP contribution in [0, 0.1) is 22.7 Å². The number of hydrogen-bond acceptors (Lipinski definition) is 8. The monoisotopic (exact) mass is 726 g/mol. The molecular formula is C44H50N6O4. The Morgan fingerprint density at radius 1 is 0.556 bits per heavy atom. The third-order valence-corrected chi connectivity index (χ3v) is 8.92. The zero-order valence-corrected chi connectivity index (χ0v) is 32.1. The predicted molar refractivity (Wildman–Crippen MR) is 210 cm³/mol. The standard InChI is InChI=1S/2C22H25N3O2/c2*1-22(2,3)27-21(26)25-20(18-8-5-4-6-9-18)10-7-15-24(25)19-13-11-17(16-23)12-14-19/h2*4-6,8-9,11-14,20H,7,10,15H2,1-3H3/t2*20-/m11/s1. The maximum Gasteiger partial charge on any atom is 0.429 e. The van der Waals surface area contributed by atoms with Crippen molar-refractivity contribution in [2.45, 2.75) is 90.5 Å². The second-order valence-corrected chi connectivity index (χ2v) is 15.4. The lowest BCUT2D eigenvalue weighted by atomic mass is 9.99. The molecule has 4 aromatic rings. The van der Waals surface area contributed by atoms with Crippen LogP contribution in [0.5, 0.6) is 0 Å². The third kappa shape index (κ3) is 10.1. The quantitative estimate of drug-likeness (QED) is 0.204. The van der Waals surface area contributed by atoms with Gasteiger partial charge in [0.25, 0.3) is 0 Å². The molecule has 0 saturated carbocycles. The normalized spacial score (nSPS) is 17.3. The Bertz CT molecular complexity index is 1780. The number of amides is 2. The lowest BCUT2D eigenvalue weighted by molar-refractivity contribution is 0.00546. The third-order valence-electron chi connectivity index (χ3n) is 8.92. The second-order valence-electron chi connectivity index (χ2n) is 15.4. The van der Waals surface area contributed by atoms with E-state index < -0.39 is 11.2 Å². The van der Waals surface area contributed by atoms with Crippen LogP contribution in [0.2, 0.25) is 0 Å². The van der Waals surface area contributed by atoms with Crippen LogP contribution in [0.15, 0.2) is 109 Å². The lowest BCUT2D eigenvalue weighted by Gasteiger charge is -2.45. The van der Waals surface area contributed by atoms with Gasteiger partial charge in [-0.2, -0.15) is 10.5 Å². The van der Waals surface area contributed by atoms with E-state index in [2.05, 4.69) is 12.1 Å². The maximum absolute atomic E-state index is 13.1. The van der Waals surface area contributed by atoms with Gasteiger partial charge in [-0.05, 0) is 127 Å². The Balaban J connectivity index is 0.000000208. The first-order valence-electron chi connectivity index (χ1n) is 18.5. The Morgan fingerprint density at radius 3 is 1.19 bits per heavy atom. The molecule has 0 radical (unpaired) electrons. The van der Waals surface area contributed by atoms with Gasteiger partial charge < -0.3 is 9.47 Å². The fourth-order valence-corrected chi connectivity index (χ4v) is 6.62. The minimum absolute atomic E-state index is 0.0922. The lowest BCUT2D eigenvalue weighted by Crippen LogP contribution is -2.53. The Labute approximate surface area is 319 Å². The highest BCUT2D eigenvalue weighted by Crippen LogP contribution is 2.37. The van der Waals surface area contributed by atoms with E-state index in [0.29, 0.717) is 24.2 Å². The summed E-state index contributed by atoms with van der Waals surface area (Å²) in [5.41, 5.74) is 3.96. The van der Waals surface area contributed by atoms with E-state index in [9.17, 15) is 9.59 Å². The highest BCUT2D eigenvalue weighted by molar-refractivity contribution is 5.73. The Hall–Kier alpha value is -6.00. The van der Waals surface area contributed by atoms with Crippen molar-refractivity contribution in [3.05, 3.63) is 131 Å². The van der Waals surface area contributed by atoms with Crippen molar-refractivity contribution in [1.29, 1.82) is 10.5 Å². The summed E-state index contributed by atoms with van der Waals surface area (Å²) in [6, 6.07) is 38.8. The number of nitrogens with zero attached hydrogens (tertiary/aromatic N) is 6. The molecule has 280 valence electrons. The van der Waals surface area contributed by atoms with Crippen molar-refractivity contribution >= 4 is 23.6 Å². The summed E-state index contributed by atoms with van der Waals surface area (Å²) in [5.74, 6) is 0. The number of anilines is 2. The molecule has 0 N–H and O–H groups in total. The van der Waals surface area contributed by atoms with Crippen molar-refractivity contribution in [3.63, 3.8) is 0 Å². The maximum atomic E-state index is 13.1. The highest BCUT2D eigenvalue weighted by atomic mass is 16.6. The number of hydrogen-bond donors (Lipinski definition) is 0. The van der Waals surface area contributed by atoms with Gasteiger partial charge in [-0.3, -0.25) is 10.0 Å². The minimum Gasteiger partial charge on any atom is -0.442 e. The largest absolute Gasteiger partial charge is 0.442 e. The van der Waals surface area contributed by atoms with Crippen LogP contribution in [-0.4, -0.2) is 46.5 Å². The summed E-state index contributed by atoms with van der Waals surface area (Å²) in [7, 11) is 0. The number of hydrazine groups is 2. The summed E-state index contributed by atoms with van der Waals surface area (Å²) in [6.07, 6.45) is 2.94. The summed E-state index contributed by atoms with van der Waals surface area (Å²) < 4.78 is 11.4. The molecule has 6 rings (SSSR count). The van der Waals surface area contributed by atoms with E-state index in [1.807, 2.05) is 136 Å². The van der Waals surface area contributed by atoms with Crippen molar-refractivity contribution < 1.29 is 19.1 Å². The van der Waals surface area contributed by atoms with Crippen LogP contribution >= 0.6 is 0 Å². The summed E-state index contributed by atoms with van der Waals surface area (Å²) >= 11 is 0. The average molecular weight is 727 g/mol. The van der Waals surface area contributed by atoms with Crippen molar-refractivity contribution in [2.75, 3.05) is 23.1 Å². The molecular weight excluding hydrogens is 677 g/mol. The molecule has 10 nitrogen and oxygen atoms in total. The number of ether oxygens (including phenoxy) is 2.